The summed E-state index contributed by atoms with van der Waals surface area (Å²) in [7, 11) is 0. The third kappa shape index (κ3) is 3.21. The van der Waals surface area contributed by atoms with Gasteiger partial charge >= 0.3 is 5.69 Å². The number of thiophene rings is 1. The minimum Gasteiger partial charge on any atom is -0.261 e. The van der Waals surface area contributed by atoms with E-state index < -0.39 is 4.92 Å². The first-order valence-electron chi connectivity index (χ1n) is 10.1. The maximum atomic E-state index is 10.8. The zero-order chi connectivity index (χ0) is 22.7. The fourth-order valence-corrected chi connectivity index (χ4v) is 5.20. The molecule has 0 saturated carbocycles. The van der Waals surface area contributed by atoms with Crippen LogP contribution in [0.1, 0.15) is 16.8 Å². The van der Waals surface area contributed by atoms with Gasteiger partial charge in [0.15, 0.2) is 11.5 Å². The first kappa shape index (κ1) is 19.4. The molecule has 0 atom stereocenters. The van der Waals surface area contributed by atoms with Crippen LogP contribution in [0.3, 0.4) is 0 Å². The van der Waals surface area contributed by atoms with E-state index >= 15 is 0 Å². The van der Waals surface area contributed by atoms with Gasteiger partial charge in [-0.25, -0.2) is 19.5 Å². The lowest BCUT2D eigenvalue weighted by Gasteiger charge is -2.02. The van der Waals surface area contributed by atoms with Gasteiger partial charge in [0.25, 0.3) is 0 Å². The van der Waals surface area contributed by atoms with Gasteiger partial charge < -0.3 is 0 Å². The predicted molar refractivity (Wildman–Crippen MR) is 124 cm³/mol. The third-order valence-corrected chi connectivity index (χ3v) is 6.55. The molecule has 0 fully saturated rings. The van der Waals surface area contributed by atoms with Gasteiger partial charge in [-0.2, -0.15) is 5.10 Å². The predicted octanol–water partition coefficient (Wildman–Crippen LogP) is 4.32. The Morgan fingerprint density at radius 1 is 1.15 bits per heavy atom. The second-order valence-corrected chi connectivity index (χ2v) is 8.84. The van der Waals surface area contributed by atoms with Crippen LogP contribution in [-0.4, -0.2) is 39.3 Å². The molecule has 6 aromatic rings. The zero-order valence-electron chi connectivity index (χ0n) is 17.6. The Balaban J connectivity index is 1.37. The molecule has 0 radical (unpaired) electrons. The van der Waals surface area contributed by atoms with E-state index in [0.717, 1.165) is 48.5 Å². The van der Waals surface area contributed by atoms with Crippen LogP contribution in [0.4, 0.5) is 5.69 Å². The summed E-state index contributed by atoms with van der Waals surface area (Å²) in [6.45, 7) is 4.50. The lowest BCUT2D eigenvalue weighted by Crippen LogP contribution is -1.99. The first-order valence-corrected chi connectivity index (χ1v) is 11.0. The molecule has 5 heterocycles. The highest BCUT2D eigenvalue weighted by Gasteiger charge is 2.17. The molecule has 1 aromatic carbocycles. The molecule has 11 heteroatoms. The van der Waals surface area contributed by atoms with E-state index in [4.69, 9.17) is 4.98 Å². The van der Waals surface area contributed by atoms with Crippen LogP contribution in [-0.2, 0) is 6.54 Å². The van der Waals surface area contributed by atoms with Crippen LogP contribution >= 0.6 is 11.3 Å². The van der Waals surface area contributed by atoms with Crippen LogP contribution in [0.25, 0.3) is 37.5 Å². The van der Waals surface area contributed by atoms with Crippen molar-refractivity contribution in [1.82, 2.24) is 34.3 Å². The number of pyridine rings is 1. The van der Waals surface area contributed by atoms with E-state index in [1.807, 2.05) is 31.2 Å². The lowest BCUT2D eigenvalue weighted by atomic mass is 10.1. The van der Waals surface area contributed by atoms with Crippen molar-refractivity contribution in [2.45, 2.75) is 20.4 Å². The number of aromatic nitrogens is 7. The van der Waals surface area contributed by atoms with Gasteiger partial charge in [0, 0.05) is 16.6 Å². The number of benzene rings is 1. The number of hydrogen-bond acceptors (Lipinski definition) is 8. The summed E-state index contributed by atoms with van der Waals surface area (Å²) in [4.78, 5) is 25.5. The number of fused-ring (bicyclic) bond motifs is 5. The van der Waals surface area contributed by atoms with Crippen molar-refractivity contribution in [3.05, 3.63) is 76.0 Å². The van der Waals surface area contributed by atoms with Gasteiger partial charge in [0.05, 0.1) is 17.0 Å². The number of nitro groups is 1. The van der Waals surface area contributed by atoms with Gasteiger partial charge in [-0.15, -0.1) is 16.4 Å². The van der Waals surface area contributed by atoms with E-state index in [0.29, 0.717) is 12.4 Å². The molecule has 162 valence electrons. The summed E-state index contributed by atoms with van der Waals surface area (Å²) >= 11 is 1.58. The number of nitrogens with zero attached hydrogens (tertiary/aromatic N) is 8. The zero-order valence-corrected chi connectivity index (χ0v) is 18.4. The van der Waals surface area contributed by atoms with Gasteiger partial charge in [0.2, 0.25) is 0 Å². The third-order valence-electron chi connectivity index (χ3n) is 5.48. The minimum absolute atomic E-state index is 0.0257. The highest BCUT2D eigenvalue weighted by molar-refractivity contribution is 7.26. The van der Waals surface area contributed by atoms with Crippen molar-refractivity contribution >= 4 is 43.1 Å². The van der Waals surface area contributed by atoms with Gasteiger partial charge in [0.1, 0.15) is 28.3 Å². The van der Waals surface area contributed by atoms with Gasteiger partial charge in [-0.1, -0.05) is 24.3 Å². The van der Waals surface area contributed by atoms with Crippen LogP contribution in [0.5, 0.6) is 0 Å². The fourth-order valence-electron chi connectivity index (χ4n) is 3.97. The minimum atomic E-state index is -0.456. The van der Waals surface area contributed by atoms with Gasteiger partial charge in [-0.3, -0.25) is 14.8 Å². The van der Waals surface area contributed by atoms with Crippen molar-refractivity contribution in [2.75, 3.05) is 0 Å². The molecule has 10 nitrogen and oxygen atoms in total. The Morgan fingerprint density at radius 3 is 2.73 bits per heavy atom. The number of hydrogen-bond donors (Lipinski definition) is 0. The average molecular weight is 456 g/mol. The van der Waals surface area contributed by atoms with E-state index in [2.05, 4.69) is 33.2 Å². The Bertz CT molecular complexity index is 1700. The molecule has 0 aliphatic rings. The summed E-state index contributed by atoms with van der Waals surface area (Å²) < 4.78 is 4.20. The summed E-state index contributed by atoms with van der Waals surface area (Å²) in [5.41, 5.74) is 5.59. The summed E-state index contributed by atoms with van der Waals surface area (Å²) in [6, 6.07) is 9.83. The largest absolute Gasteiger partial charge is 0.307 e. The highest BCUT2D eigenvalue weighted by atomic mass is 32.1. The quantitative estimate of drug-likeness (QED) is 0.286. The smallest absolute Gasteiger partial charge is 0.261 e. The van der Waals surface area contributed by atoms with Crippen LogP contribution in [0, 0.1) is 24.0 Å². The molecule has 0 N–H and O–H groups in total. The molecule has 0 aliphatic heterocycles. The van der Waals surface area contributed by atoms with Crippen molar-refractivity contribution < 1.29 is 4.92 Å². The van der Waals surface area contributed by atoms with E-state index in [1.54, 1.807) is 22.2 Å². The lowest BCUT2D eigenvalue weighted by molar-refractivity contribution is -0.385. The van der Waals surface area contributed by atoms with E-state index in [-0.39, 0.29) is 5.69 Å². The molecule has 5 aromatic heterocycles. The monoisotopic (exact) mass is 456 g/mol. The maximum absolute atomic E-state index is 10.8. The molecule has 0 saturated heterocycles. The summed E-state index contributed by atoms with van der Waals surface area (Å²) in [6.07, 6.45) is 4.35. The second kappa shape index (κ2) is 7.14. The van der Waals surface area contributed by atoms with Crippen LogP contribution in [0.2, 0.25) is 0 Å². The Hall–Kier alpha value is -4.25. The summed E-state index contributed by atoms with van der Waals surface area (Å²) in [5, 5.41) is 20.6. The van der Waals surface area contributed by atoms with Crippen molar-refractivity contribution in [3.8, 4) is 11.4 Å². The molecule has 0 amide bonds. The Kier molecular flexibility index (Phi) is 4.20. The second-order valence-electron chi connectivity index (χ2n) is 7.84. The first-order chi connectivity index (χ1) is 16.0. The van der Waals surface area contributed by atoms with E-state index in [1.165, 1.54) is 17.1 Å². The van der Waals surface area contributed by atoms with Crippen LogP contribution < -0.4 is 0 Å². The van der Waals surface area contributed by atoms with Gasteiger partial charge in [-0.05, 0) is 31.0 Å². The maximum Gasteiger partial charge on any atom is 0.307 e. The topological polar surface area (TPSA) is 117 Å². The average Bonchev–Trinajstić information content (AvgIpc) is 3.50. The van der Waals surface area contributed by atoms with Crippen molar-refractivity contribution in [2.24, 2.45) is 0 Å². The molecule has 6 rings (SSSR count). The standard InChI is InChI=1S/C22H16N8O2S/c1-12-7-13(2)25-22-17(12)18-19(33-22)21-26-20(27-29(21)11-23-18)15-5-3-14(4-6-15)9-28-10-16(8-24-28)30(31)32/h3-8,10-11H,9H2,1-2H3. The number of aryl methyl sites for hydroxylation is 2. The highest BCUT2D eigenvalue weighted by Crippen LogP contribution is 2.35. The molecule has 0 unspecified atom stereocenters. The normalized spacial score (nSPS) is 11.7. The Morgan fingerprint density at radius 2 is 1.97 bits per heavy atom. The van der Waals surface area contributed by atoms with Crippen LogP contribution in [0.15, 0.2) is 49.1 Å². The SMILES string of the molecule is Cc1cc(C)c2c(n1)sc1c2ncn2nc(-c3ccc(Cn4cc([N+](=O)[O-])cn4)cc3)nc12. The fraction of sp³-hybridized carbons (Fsp3) is 0.136. The molecule has 0 spiro atoms. The van der Waals surface area contributed by atoms with E-state index in [9.17, 15) is 10.1 Å². The van der Waals surface area contributed by atoms with Crippen molar-refractivity contribution in [3.63, 3.8) is 0 Å². The summed E-state index contributed by atoms with van der Waals surface area (Å²) in [5.74, 6) is 0.601. The number of rotatable bonds is 4. The van der Waals surface area contributed by atoms with Crippen molar-refractivity contribution in [1.29, 1.82) is 0 Å². The Labute approximate surface area is 190 Å². The molecule has 0 aliphatic carbocycles. The molecule has 0 bridgehead atoms. The molecule has 33 heavy (non-hydrogen) atoms. The molecular weight excluding hydrogens is 440 g/mol. The molecular formula is C22H16N8O2S.